The van der Waals surface area contributed by atoms with Crippen molar-refractivity contribution in [3.63, 3.8) is 0 Å². The number of halogens is 1. The SMILES string of the molecule is O=C(O)c1cccnc1C(=O)N1CCN(c2cccc(Cl)c2)CC1. The maximum atomic E-state index is 12.6. The quantitative estimate of drug-likeness (QED) is 0.924. The van der Waals surface area contributed by atoms with Crippen molar-refractivity contribution in [3.05, 3.63) is 58.9 Å². The average molecular weight is 346 g/mol. The summed E-state index contributed by atoms with van der Waals surface area (Å²) in [7, 11) is 0. The van der Waals surface area contributed by atoms with Crippen molar-refractivity contribution in [1.29, 1.82) is 0 Å². The van der Waals surface area contributed by atoms with E-state index in [0.29, 0.717) is 31.2 Å². The number of carbonyl (C=O) groups is 2. The lowest BCUT2D eigenvalue weighted by molar-refractivity contribution is 0.0669. The van der Waals surface area contributed by atoms with E-state index >= 15 is 0 Å². The number of rotatable bonds is 3. The topological polar surface area (TPSA) is 73.7 Å². The molecule has 0 saturated carbocycles. The molecule has 6 nitrogen and oxygen atoms in total. The summed E-state index contributed by atoms with van der Waals surface area (Å²) in [6.07, 6.45) is 1.43. The van der Waals surface area contributed by atoms with Crippen molar-refractivity contribution in [3.8, 4) is 0 Å². The van der Waals surface area contributed by atoms with Crippen LogP contribution in [0.3, 0.4) is 0 Å². The number of carbonyl (C=O) groups excluding carboxylic acids is 1. The van der Waals surface area contributed by atoms with Gasteiger partial charge < -0.3 is 14.9 Å². The zero-order valence-corrected chi connectivity index (χ0v) is 13.6. The largest absolute Gasteiger partial charge is 0.478 e. The van der Waals surface area contributed by atoms with Gasteiger partial charge in [-0.15, -0.1) is 0 Å². The molecule has 1 aromatic carbocycles. The first-order valence-corrected chi connectivity index (χ1v) is 7.92. The monoisotopic (exact) mass is 345 g/mol. The number of amides is 1. The van der Waals surface area contributed by atoms with Crippen LogP contribution in [0.1, 0.15) is 20.8 Å². The molecule has 0 bridgehead atoms. The zero-order chi connectivity index (χ0) is 17.1. The van der Waals surface area contributed by atoms with E-state index in [0.717, 1.165) is 5.69 Å². The van der Waals surface area contributed by atoms with Crippen molar-refractivity contribution in [1.82, 2.24) is 9.88 Å². The van der Waals surface area contributed by atoms with Crippen LogP contribution < -0.4 is 4.90 Å². The molecule has 1 saturated heterocycles. The molecule has 2 heterocycles. The Hall–Kier alpha value is -2.60. The minimum atomic E-state index is -1.15. The fourth-order valence-electron chi connectivity index (χ4n) is 2.74. The van der Waals surface area contributed by atoms with E-state index in [9.17, 15) is 14.7 Å². The highest BCUT2D eigenvalue weighted by Crippen LogP contribution is 2.21. The van der Waals surface area contributed by atoms with Gasteiger partial charge in [-0.2, -0.15) is 0 Å². The highest BCUT2D eigenvalue weighted by molar-refractivity contribution is 6.30. The molecule has 1 aromatic heterocycles. The number of benzene rings is 1. The molecular weight excluding hydrogens is 330 g/mol. The van der Waals surface area contributed by atoms with Crippen molar-refractivity contribution >= 4 is 29.2 Å². The Labute approximate surface area is 144 Å². The predicted molar refractivity (Wildman–Crippen MR) is 90.8 cm³/mol. The third kappa shape index (κ3) is 3.33. The van der Waals surface area contributed by atoms with Crippen LogP contribution in [0.2, 0.25) is 5.02 Å². The standard InChI is InChI=1S/C17H16ClN3O3/c18-12-3-1-4-13(11-12)20-7-9-21(10-8-20)16(22)15-14(17(23)24)5-2-6-19-15/h1-6,11H,7-10H2,(H,23,24). The first kappa shape index (κ1) is 16.3. The Bertz CT molecular complexity index is 773. The normalized spacial score (nSPS) is 14.5. The number of piperazine rings is 1. The van der Waals surface area contributed by atoms with Crippen LogP contribution in [0.15, 0.2) is 42.6 Å². The molecule has 0 aliphatic carbocycles. The van der Waals surface area contributed by atoms with Gasteiger partial charge in [-0.25, -0.2) is 4.79 Å². The van der Waals surface area contributed by atoms with Crippen LogP contribution in [0.25, 0.3) is 0 Å². The van der Waals surface area contributed by atoms with Crippen LogP contribution in [0, 0.1) is 0 Å². The van der Waals surface area contributed by atoms with Gasteiger partial charge in [-0.05, 0) is 30.3 Å². The van der Waals surface area contributed by atoms with Gasteiger partial charge in [0.2, 0.25) is 0 Å². The first-order chi connectivity index (χ1) is 11.6. The summed E-state index contributed by atoms with van der Waals surface area (Å²) in [6.45, 7) is 2.31. The summed E-state index contributed by atoms with van der Waals surface area (Å²) in [5, 5.41) is 9.87. The van der Waals surface area contributed by atoms with Gasteiger partial charge >= 0.3 is 5.97 Å². The zero-order valence-electron chi connectivity index (χ0n) is 12.9. The van der Waals surface area contributed by atoms with E-state index in [2.05, 4.69) is 9.88 Å². The fraction of sp³-hybridized carbons (Fsp3) is 0.235. The van der Waals surface area contributed by atoms with Crippen LogP contribution >= 0.6 is 11.6 Å². The number of aromatic carboxylic acids is 1. The maximum Gasteiger partial charge on any atom is 0.338 e. The number of hydrogen-bond acceptors (Lipinski definition) is 4. The molecule has 3 rings (SSSR count). The molecule has 24 heavy (non-hydrogen) atoms. The third-order valence-electron chi connectivity index (χ3n) is 3.98. The summed E-state index contributed by atoms with van der Waals surface area (Å²) >= 11 is 6.02. The van der Waals surface area contributed by atoms with Crippen LogP contribution in [0.5, 0.6) is 0 Å². The van der Waals surface area contributed by atoms with E-state index in [1.54, 1.807) is 4.90 Å². The second-order valence-electron chi connectivity index (χ2n) is 5.46. The first-order valence-electron chi connectivity index (χ1n) is 7.54. The maximum absolute atomic E-state index is 12.6. The number of nitrogens with zero attached hydrogens (tertiary/aromatic N) is 3. The van der Waals surface area contributed by atoms with Crippen LogP contribution in [-0.2, 0) is 0 Å². The molecule has 7 heteroatoms. The van der Waals surface area contributed by atoms with E-state index in [-0.39, 0.29) is 17.2 Å². The minimum Gasteiger partial charge on any atom is -0.478 e. The third-order valence-corrected chi connectivity index (χ3v) is 4.22. The Kier molecular flexibility index (Phi) is 4.66. The van der Waals surface area contributed by atoms with Gasteiger partial charge in [0.05, 0.1) is 5.56 Å². The highest BCUT2D eigenvalue weighted by Gasteiger charge is 2.26. The van der Waals surface area contributed by atoms with E-state index < -0.39 is 5.97 Å². The second-order valence-corrected chi connectivity index (χ2v) is 5.90. The number of hydrogen-bond donors (Lipinski definition) is 1. The highest BCUT2D eigenvalue weighted by atomic mass is 35.5. The van der Waals surface area contributed by atoms with Gasteiger partial charge in [0, 0.05) is 43.1 Å². The number of pyridine rings is 1. The molecular formula is C17H16ClN3O3. The lowest BCUT2D eigenvalue weighted by atomic mass is 10.1. The van der Waals surface area contributed by atoms with Gasteiger partial charge in [-0.3, -0.25) is 9.78 Å². The molecule has 1 aliphatic heterocycles. The lowest BCUT2D eigenvalue weighted by Gasteiger charge is -2.36. The predicted octanol–water partition coefficient (Wildman–Crippen LogP) is 2.40. The van der Waals surface area contributed by atoms with Gasteiger partial charge in [0.1, 0.15) is 5.69 Å². The fourth-order valence-corrected chi connectivity index (χ4v) is 2.92. The molecule has 124 valence electrons. The summed E-state index contributed by atoms with van der Waals surface area (Å²) in [5.74, 6) is -1.50. The average Bonchev–Trinajstić information content (AvgIpc) is 2.61. The molecule has 0 unspecified atom stereocenters. The van der Waals surface area contributed by atoms with Crippen LogP contribution in [-0.4, -0.2) is 53.0 Å². The number of carboxylic acid groups (broad SMARTS) is 1. The Morgan fingerprint density at radius 3 is 2.50 bits per heavy atom. The summed E-state index contributed by atoms with van der Waals surface area (Å²) in [4.78, 5) is 31.6. The summed E-state index contributed by atoms with van der Waals surface area (Å²) < 4.78 is 0. The molecule has 0 spiro atoms. The van der Waals surface area contributed by atoms with Crippen molar-refractivity contribution in [2.75, 3.05) is 31.1 Å². The molecule has 1 aliphatic rings. The van der Waals surface area contributed by atoms with Gasteiger partial charge in [0.15, 0.2) is 0 Å². The van der Waals surface area contributed by atoms with Gasteiger partial charge in [-0.1, -0.05) is 17.7 Å². The lowest BCUT2D eigenvalue weighted by Crippen LogP contribution is -2.49. The molecule has 1 fully saturated rings. The molecule has 0 radical (unpaired) electrons. The molecule has 1 amide bonds. The van der Waals surface area contributed by atoms with Gasteiger partial charge in [0.25, 0.3) is 5.91 Å². The molecule has 0 atom stereocenters. The van der Waals surface area contributed by atoms with Crippen molar-refractivity contribution in [2.45, 2.75) is 0 Å². The van der Waals surface area contributed by atoms with E-state index in [1.807, 2.05) is 24.3 Å². The van der Waals surface area contributed by atoms with Crippen molar-refractivity contribution in [2.24, 2.45) is 0 Å². The van der Waals surface area contributed by atoms with Crippen LogP contribution in [0.4, 0.5) is 5.69 Å². The summed E-state index contributed by atoms with van der Waals surface area (Å²) in [5.41, 5.74) is 0.930. The Balaban J connectivity index is 1.71. The number of anilines is 1. The summed E-state index contributed by atoms with van der Waals surface area (Å²) in [6, 6.07) is 10.5. The molecule has 2 aromatic rings. The molecule has 1 N–H and O–H groups in total. The number of carboxylic acids is 1. The van der Waals surface area contributed by atoms with E-state index in [1.165, 1.54) is 18.3 Å². The minimum absolute atomic E-state index is 0.0128. The van der Waals surface area contributed by atoms with Crippen molar-refractivity contribution < 1.29 is 14.7 Å². The second kappa shape index (κ2) is 6.88. The Morgan fingerprint density at radius 2 is 1.83 bits per heavy atom. The van der Waals surface area contributed by atoms with E-state index in [4.69, 9.17) is 11.6 Å². The smallest absolute Gasteiger partial charge is 0.338 e. The number of aromatic nitrogens is 1. The Morgan fingerprint density at radius 1 is 1.08 bits per heavy atom.